The zero-order valence-corrected chi connectivity index (χ0v) is 16.4. The van der Waals surface area contributed by atoms with Crippen molar-refractivity contribution >= 4 is 11.6 Å². The third-order valence-corrected chi connectivity index (χ3v) is 4.00. The first-order valence-corrected chi connectivity index (χ1v) is 8.33. The van der Waals surface area contributed by atoms with Gasteiger partial charge in [0.15, 0.2) is 17.3 Å². The van der Waals surface area contributed by atoms with Crippen LogP contribution in [0.5, 0.6) is 17.2 Å². The van der Waals surface area contributed by atoms with Gasteiger partial charge in [-0.3, -0.25) is 9.59 Å². The molecule has 0 aliphatic rings. The van der Waals surface area contributed by atoms with E-state index in [1.807, 2.05) is 5.32 Å². The van der Waals surface area contributed by atoms with Gasteiger partial charge < -0.3 is 31.9 Å². The van der Waals surface area contributed by atoms with Crippen LogP contribution >= 0.6 is 0 Å². The van der Waals surface area contributed by atoms with Crippen LogP contribution in [0.15, 0.2) is 42.5 Å². The normalized spacial score (nSPS) is 9.89. The molecule has 0 saturated heterocycles. The third kappa shape index (κ3) is 6.27. The van der Waals surface area contributed by atoms with Crippen molar-refractivity contribution in [2.24, 2.45) is 0 Å². The molecule has 0 fully saturated rings. The molecule has 0 unspecified atom stereocenters. The molecule has 0 heterocycles. The van der Waals surface area contributed by atoms with Crippen LogP contribution in [0.4, 0.5) is 0 Å². The zero-order chi connectivity index (χ0) is 18.9. The zero-order valence-electron chi connectivity index (χ0n) is 15.7. The maximum absolute atomic E-state index is 12.3. The van der Waals surface area contributed by atoms with Gasteiger partial charge in [0.05, 0.1) is 34.3 Å². The van der Waals surface area contributed by atoms with Crippen LogP contribution in [-0.4, -0.2) is 46.0 Å². The lowest BCUT2D eigenvalue weighted by Gasteiger charge is -2.08. The predicted molar refractivity (Wildman–Crippen MR) is 97.5 cm³/mol. The van der Waals surface area contributed by atoms with Gasteiger partial charge in [-0.25, -0.2) is 0 Å². The Bertz CT molecular complexity index is 779. The van der Waals surface area contributed by atoms with Crippen molar-refractivity contribution in [1.29, 1.82) is 0 Å². The fraction of sp³-hybridized carbons (Fsp3) is 0.300. The van der Waals surface area contributed by atoms with E-state index in [0.717, 1.165) is 0 Å². The van der Waals surface area contributed by atoms with Crippen LogP contribution in [0.25, 0.3) is 0 Å². The van der Waals surface area contributed by atoms with Gasteiger partial charge in [0.25, 0.3) is 0 Å². The van der Waals surface area contributed by atoms with Gasteiger partial charge >= 0.3 is 0 Å². The highest BCUT2D eigenvalue weighted by molar-refractivity contribution is 5.97. The molecule has 0 radical (unpaired) electrons. The van der Waals surface area contributed by atoms with E-state index in [2.05, 4.69) is 0 Å². The van der Waals surface area contributed by atoms with Crippen molar-refractivity contribution in [1.82, 2.24) is 0 Å². The molecule has 6 nitrogen and oxygen atoms in total. The summed E-state index contributed by atoms with van der Waals surface area (Å²) in [5, 5.41) is 1.83. The number of hydrogen-bond acceptors (Lipinski definition) is 5. The van der Waals surface area contributed by atoms with Gasteiger partial charge in [0.2, 0.25) is 5.78 Å². The number of ether oxygens (including phenoxy) is 3. The van der Waals surface area contributed by atoms with E-state index in [0.29, 0.717) is 41.3 Å². The number of rotatable bonds is 10. The average Bonchev–Trinajstić information content (AvgIpc) is 2.70. The van der Waals surface area contributed by atoms with Crippen LogP contribution in [0.2, 0.25) is 0 Å². The Hall–Kier alpha value is -2.57. The molecule has 2 rings (SSSR count). The summed E-state index contributed by atoms with van der Waals surface area (Å²) >= 11 is 0. The molecule has 0 aliphatic carbocycles. The summed E-state index contributed by atoms with van der Waals surface area (Å²) in [7, 11) is 4.64. The van der Waals surface area contributed by atoms with Crippen LogP contribution in [0.1, 0.15) is 27.1 Å². The molecule has 0 aromatic heterocycles. The third-order valence-electron chi connectivity index (χ3n) is 4.00. The minimum absolute atomic E-state index is 0. The average molecular weight is 394 g/mol. The Morgan fingerprint density at radius 3 is 2.22 bits per heavy atom. The first-order chi connectivity index (χ1) is 12.6. The van der Waals surface area contributed by atoms with Gasteiger partial charge in [-0.1, -0.05) is 12.1 Å². The SMILES string of the molecule is COc1cccc(C(=O)CC[NH2+]CC(=O)c2ccc(OC)c(OC)c2)c1.[Cl-]. The first-order valence-electron chi connectivity index (χ1n) is 8.33. The van der Waals surface area contributed by atoms with Crippen LogP contribution in [0.3, 0.4) is 0 Å². The summed E-state index contributed by atoms with van der Waals surface area (Å²) in [6, 6.07) is 12.1. The highest BCUT2D eigenvalue weighted by Gasteiger charge is 2.13. The number of benzene rings is 2. The number of ketones is 2. The predicted octanol–water partition coefficient (Wildman–Crippen LogP) is -1.26. The molecule has 2 N–H and O–H groups in total. The van der Waals surface area contributed by atoms with Crippen molar-refractivity contribution < 1.29 is 41.5 Å². The number of Topliss-reactive ketones (excluding diaryl/α,β-unsaturated/α-hetero) is 2. The van der Waals surface area contributed by atoms with Crippen molar-refractivity contribution in [3.63, 3.8) is 0 Å². The first kappa shape index (κ1) is 22.5. The van der Waals surface area contributed by atoms with Crippen LogP contribution < -0.4 is 31.9 Å². The summed E-state index contributed by atoms with van der Waals surface area (Å²) in [5.41, 5.74) is 1.17. The van der Waals surface area contributed by atoms with Crippen molar-refractivity contribution in [3.8, 4) is 17.2 Å². The summed E-state index contributed by atoms with van der Waals surface area (Å²) in [5.74, 6) is 1.76. The number of halogens is 1. The standard InChI is InChI=1S/C20H23NO5.ClH/c1-24-16-6-4-5-14(11-16)17(22)9-10-21-13-18(23)15-7-8-19(25-2)20(12-15)26-3;/h4-8,11-12,21H,9-10,13H2,1-3H3;1H. The molecule has 0 aliphatic heterocycles. The molecule has 0 bridgehead atoms. The van der Waals surface area contributed by atoms with E-state index in [1.165, 1.54) is 7.11 Å². The lowest BCUT2D eigenvalue weighted by atomic mass is 10.1. The van der Waals surface area contributed by atoms with Crippen molar-refractivity contribution in [2.75, 3.05) is 34.4 Å². The van der Waals surface area contributed by atoms with Gasteiger partial charge in [-0.2, -0.15) is 0 Å². The Kier molecular flexibility index (Phi) is 9.33. The molecule has 0 amide bonds. The minimum Gasteiger partial charge on any atom is -1.00 e. The highest BCUT2D eigenvalue weighted by atomic mass is 35.5. The highest BCUT2D eigenvalue weighted by Crippen LogP contribution is 2.27. The second-order valence-electron chi connectivity index (χ2n) is 5.68. The van der Waals surface area contributed by atoms with E-state index in [4.69, 9.17) is 14.2 Å². The monoisotopic (exact) mass is 393 g/mol. The molecule has 0 spiro atoms. The largest absolute Gasteiger partial charge is 1.00 e. The number of quaternary nitrogens is 1. The molecular weight excluding hydrogens is 370 g/mol. The van der Waals surface area contributed by atoms with Crippen LogP contribution in [-0.2, 0) is 0 Å². The second kappa shape index (κ2) is 11.2. The fourth-order valence-corrected chi connectivity index (χ4v) is 2.53. The van der Waals surface area contributed by atoms with E-state index in [-0.39, 0.29) is 30.5 Å². The Morgan fingerprint density at radius 1 is 0.852 bits per heavy atom. The number of carbonyl (C=O) groups excluding carboxylic acids is 2. The topological polar surface area (TPSA) is 78.4 Å². The molecule has 27 heavy (non-hydrogen) atoms. The lowest BCUT2D eigenvalue weighted by molar-refractivity contribution is -0.641. The van der Waals surface area contributed by atoms with Gasteiger partial charge in [0, 0.05) is 11.1 Å². The minimum atomic E-state index is -0.0280. The number of carbonyl (C=O) groups is 2. The van der Waals surface area contributed by atoms with Gasteiger partial charge in [-0.15, -0.1) is 0 Å². The van der Waals surface area contributed by atoms with Gasteiger partial charge in [-0.05, 0) is 30.3 Å². The second-order valence-corrected chi connectivity index (χ2v) is 5.68. The quantitative estimate of drug-likeness (QED) is 0.402. The molecule has 2 aromatic carbocycles. The molecule has 0 atom stereocenters. The lowest BCUT2D eigenvalue weighted by Crippen LogP contribution is -3.00. The number of methoxy groups -OCH3 is 3. The molecule has 0 saturated carbocycles. The van der Waals surface area contributed by atoms with E-state index < -0.39 is 0 Å². The van der Waals surface area contributed by atoms with E-state index in [1.54, 1.807) is 56.7 Å². The Labute approximate surface area is 165 Å². The molecule has 2 aromatic rings. The summed E-state index contributed by atoms with van der Waals surface area (Å²) in [4.78, 5) is 24.5. The summed E-state index contributed by atoms with van der Waals surface area (Å²) in [6.45, 7) is 0.802. The Morgan fingerprint density at radius 2 is 1.56 bits per heavy atom. The summed E-state index contributed by atoms with van der Waals surface area (Å²) in [6.07, 6.45) is 0.354. The molecular formula is C20H24ClNO5. The Balaban J connectivity index is 0.00000364. The van der Waals surface area contributed by atoms with E-state index >= 15 is 0 Å². The van der Waals surface area contributed by atoms with Crippen molar-refractivity contribution in [2.45, 2.75) is 6.42 Å². The van der Waals surface area contributed by atoms with Crippen molar-refractivity contribution in [3.05, 3.63) is 53.6 Å². The smallest absolute Gasteiger partial charge is 0.216 e. The maximum Gasteiger partial charge on any atom is 0.216 e. The molecule has 7 heteroatoms. The van der Waals surface area contributed by atoms with E-state index in [9.17, 15) is 9.59 Å². The maximum atomic E-state index is 12.3. The van der Waals surface area contributed by atoms with Gasteiger partial charge in [0.1, 0.15) is 12.3 Å². The number of nitrogens with two attached hydrogens (primary N) is 1. The fourth-order valence-electron chi connectivity index (χ4n) is 2.53. The summed E-state index contributed by atoms with van der Waals surface area (Å²) < 4.78 is 15.5. The molecule has 146 valence electrons. The number of hydrogen-bond donors (Lipinski definition) is 1. The van der Waals surface area contributed by atoms with Crippen LogP contribution in [0, 0.1) is 0 Å².